The number of hydrogen-bond donors (Lipinski definition) is 1. The Balaban J connectivity index is 1.84. The van der Waals surface area contributed by atoms with Gasteiger partial charge in [-0.3, -0.25) is 4.79 Å². The van der Waals surface area contributed by atoms with Crippen molar-refractivity contribution in [3.05, 3.63) is 29.3 Å². The predicted molar refractivity (Wildman–Crippen MR) is 86.5 cm³/mol. The first-order chi connectivity index (χ1) is 10.2. The number of carbonyl (C=O) groups is 1. The summed E-state index contributed by atoms with van der Waals surface area (Å²) in [5.41, 5.74) is 3.62. The number of rotatable bonds is 3. The quantitative estimate of drug-likeness (QED) is 0.863. The van der Waals surface area contributed by atoms with Crippen LogP contribution in [0.1, 0.15) is 55.7 Å². The third-order valence-electron chi connectivity index (χ3n) is 5.22. The van der Waals surface area contributed by atoms with Crippen molar-refractivity contribution in [3.63, 3.8) is 0 Å². The molecule has 0 bridgehead atoms. The van der Waals surface area contributed by atoms with Crippen LogP contribution in [-0.2, 0) is 11.2 Å². The molecule has 0 aromatic heterocycles. The van der Waals surface area contributed by atoms with Crippen LogP contribution in [0.4, 0.5) is 5.69 Å². The molecule has 3 rings (SSSR count). The molecule has 1 saturated carbocycles. The molecule has 1 N–H and O–H groups in total. The van der Waals surface area contributed by atoms with Crippen LogP contribution in [0.2, 0.25) is 0 Å². The number of fused-ring (bicyclic) bond motifs is 1. The van der Waals surface area contributed by atoms with Gasteiger partial charge in [0.25, 0.3) is 0 Å². The molecule has 21 heavy (non-hydrogen) atoms. The average molecular weight is 286 g/mol. The second kappa shape index (κ2) is 6.18. The van der Waals surface area contributed by atoms with E-state index in [1.807, 2.05) is 7.05 Å². The van der Waals surface area contributed by atoms with Crippen LogP contribution >= 0.6 is 0 Å². The molecular weight excluding hydrogens is 260 g/mol. The molecule has 114 valence electrons. The lowest BCUT2D eigenvalue weighted by atomic mass is 9.86. The zero-order valence-electron chi connectivity index (χ0n) is 13.2. The van der Waals surface area contributed by atoms with E-state index < -0.39 is 0 Å². The molecule has 1 aliphatic carbocycles. The first kappa shape index (κ1) is 14.6. The van der Waals surface area contributed by atoms with Crippen LogP contribution in [0.3, 0.4) is 0 Å². The van der Waals surface area contributed by atoms with Crippen molar-refractivity contribution in [2.24, 2.45) is 5.92 Å². The maximum atomic E-state index is 11.8. The Labute approximate surface area is 127 Å². The molecule has 3 nitrogen and oxygen atoms in total. The van der Waals surface area contributed by atoms with Gasteiger partial charge in [0, 0.05) is 18.8 Å². The minimum Gasteiger partial charge on any atom is -0.315 e. The van der Waals surface area contributed by atoms with E-state index in [1.165, 1.54) is 49.7 Å². The molecule has 0 radical (unpaired) electrons. The summed E-state index contributed by atoms with van der Waals surface area (Å²) in [7, 11) is 3.94. The van der Waals surface area contributed by atoms with Crippen LogP contribution in [0.25, 0.3) is 0 Å². The lowest BCUT2D eigenvalue weighted by Crippen LogP contribution is -2.25. The van der Waals surface area contributed by atoms with Crippen molar-refractivity contribution in [2.75, 3.05) is 19.0 Å². The maximum absolute atomic E-state index is 11.8. The van der Waals surface area contributed by atoms with Gasteiger partial charge in [-0.25, -0.2) is 0 Å². The van der Waals surface area contributed by atoms with Crippen molar-refractivity contribution >= 4 is 11.6 Å². The van der Waals surface area contributed by atoms with Gasteiger partial charge in [0.1, 0.15) is 0 Å². The molecule has 1 heterocycles. The first-order valence-corrected chi connectivity index (χ1v) is 8.27. The molecule has 1 unspecified atom stereocenters. The molecule has 1 aliphatic heterocycles. The second-order valence-corrected chi connectivity index (χ2v) is 6.54. The Morgan fingerprint density at radius 2 is 1.90 bits per heavy atom. The highest BCUT2D eigenvalue weighted by Crippen LogP contribution is 2.36. The number of benzene rings is 1. The van der Waals surface area contributed by atoms with Crippen LogP contribution in [-0.4, -0.2) is 20.0 Å². The van der Waals surface area contributed by atoms with E-state index in [9.17, 15) is 4.79 Å². The Morgan fingerprint density at radius 1 is 1.19 bits per heavy atom. The second-order valence-electron chi connectivity index (χ2n) is 6.54. The lowest BCUT2D eigenvalue weighted by molar-refractivity contribution is -0.117. The van der Waals surface area contributed by atoms with Gasteiger partial charge in [0.2, 0.25) is 5.91 Å². The summed E-state index contributed by atoms with van der Waals surface area (Å²) in [5.74, 6) is 0.933. The Bertz CT molecular complexity index is 518. The molecule has 2 aliphatic rings. The third-order valence-corrected chi connectivity index (χ3v) is 5.22. The number of nitrogens with one attached hydrogen (secondary N) is 1. The number of hydrogen-bond acceptors (Lipinski definition) is 2. The zero-order valence-corrected chi connectivity index (χ0v) is 13.2. The summed E-state index contributed by atoms with van der Waals surface area (Å²) in [5, 5.41) is 3.53. The van der Waals surface area contributed by atoms with Crippen LogP contribution in [0.15, 0.2) is 18.2 Å². The number of anilines is 1. The summed E-state index contributed by atoms with van der Waals surface area (Å²) in [6, 6.07) is 7.01. The number of carbonyl (C=O) groups excluding carboxylic acids is 1. The van der Waals surface area contributed by atoms with Gasteiger partial charge in [0.15, 0.2) is 0 Å². The smallest absolute Gasteiger partial charge is 0.231 e. The molecule has 0 spiro atoms. The van der Waals surface area contributed by atoms with Crippen molar-refractivity contribution in [1.29, 1.82) is 0 Å². The molecule has 1 atom stereocenters. The van der Waals surface area contributed by atoms with Crippen LogP contribution < -0.4 is 10.2 Å². The largest absolute Gasteiger partial charge is 0.315 e. The molecule has 3 heteroatoms. The highest BCUT2D eigenvalue weighted by Gasteiger charge is 2.27. The predicted octanol–water partition coefficient (Wildman–Crippen LogP) is 3.44. The van der Waals surface area contributed by atoms with Gasteiger partial charge >= 0.3 is 0 Å². The topological polar surface area (TPSA) is 32.3 Å². The summed E-state index contributed by atoms with van der Waals surface area (Å²) >= 11 is 0. The van der Waals surface area contributed by atoms with Crippen molar-refractivity contribution in [1.82, 2.24) is 5.32 Å². The lowest BCUT2D eigenvalue weighted by Gasteiger charge is -2.27. The Kier molecular flexibility index (Phi) is 4.29. The van der Waals surface area contributed by atoms with Crippen molar-refractivity contribution in [3.8, 4) is 0 Å². The third kappa shape index (κ3) is 2.84. The minimum atomic E-state index is 0.206. The molecule has 1 aromatic carbocycles. The summed E-state index contributed by atoms with van der Waals surface area (Å²) in [6.07, 6.45) is 8.68. The summed E-state index contributed by atoms with van der Waals surface area (Å²) < 4.78 is 0. The van der Waals surface area contributed by atoms with E-state index in [-0.39, 0.29) is 5.91 Å². The van der Waals surface area contributed by atoms with E-state index >= 15 is 0 Å². The number of likely N-dealkylation sites (N-methyl/N-ethyl adjacent to an activating group) is 1. The fraction of sp³-hybridized carbons (Fsp3) is 0.611. The monoisotopic (exact) mass is 286 g/mol. The average Bonchev–Trinajstić information content (AvgIpc) is 2.69. The van der Waals surface area contributed by atoms with E-state index in [2.05, 4.69) is 30.6 Å². The minimum absolute atomic E-state index is 0.206. The fourth-order valence-electron chi connectivity index (χ4n) is 4.00. The first-order valence-electron chi connectivity index (χ1n) is 8.27. The molecular formula is C18H26N2O. The van der Waals surface area contributed by atoms with E-state index in [0.29, 0.717) is 12.5 Å². The normalized spacial score (nSPS) is 21.2. The number of amides is 1. The highest BCUT2D eigenvalue weighted by atomic mass is 16.2. The van der Waals surface area contributed by atoms with Crippen molar-refractivity contribution in [2.45, 2.75) is 51.0 Å². The van der Waals surface area contributed by atoms with Gasteiger partial charge in [-0.1, -0.05) is 37.8 Å². The van der Waals surface area contributed by atoms with Gasteiger partial charge in [-0.2, -0.15) is 0 Å². The van der Waals surface area contributed by atoms with Gasteiger partial charge in [0.05, 0.1) is 6.42 Å². The maximum Gasteiger partial charge on any atom is 0.231 e. The summed E-state index contributed by atoms with van der Waals surface area (Å²) in [4.78, 5) is 13.6. The van der Waals surface area contributed by atoms with Gasteiger partial charge in [-0.05, 0) is 43.0 Å². The van der Waals surface area contributed by atoms with Crippen LogP contribution in [0.5, 0.6) is 0 Å². The standard InChI is InChI=1S/C18H26N2O/c1-19-18(13-7-5-3-4-6-8-13)14-9-10-16-15(11-14)12-17(21)20(16)2/h9-11,13,18-19H,3-8,12H2,1-2H3. The highest BCUT2D eigenvalue weighted by molar-refractivity contribution is 6.00. The van der Waals surface area contributed by atoms with Crippen LogP contribution in [0, 0.1) is 5.92 Å². The summed E-state index contributed by atoms with van der Waals surface area (Å²) in [6.45, 7) is 0. The fourth-order valence-corrected chi connectivity index (χ4v) is 4.00. The Morgan fingerprint density at radius 3 is 2.57 bits per heavy atom. The molecule has 1 amide bonds. The van der Waals surface area contributed by atoms with Crippen molar-refractivity contribution < 1.29 is 4.79 Å². The van der Waals surface area contributed by atoms with E-state index in [1.54, 1.807) is 4.90 Å². The molecule has 1 fully saturated rings. The van der Waals surface area contributed by atoms with Gasteiger partial charge in [-0.15, -0.1) is 0 Å². The molecule has 1 aromatic rings. The molecule has 0 saturated heterocycles. The number of nitrogens with zero attached hydrogens (tertiary/aromatic N) is 1. The van der Waals surface area contributed by atoms with Gasteiger partial charge < -0.3 is 10.2 Å². The van der Waals surface area contributed by atoms with E-state index in [4.69, 9.17) is 0 Å². The Hall–Kier alpha value is -1.35. The SMILES string of the molecule is CNC(c1ccc2c(c1)CC(=O)N2C)C1CCCCCC1. The van der Waals surface area contributed by atoms with E-state index in [0.717, 1.165) is 11.6 Å². The zero-order chi connectivity index (χ0) is 14.8.